The summed E-state index contributed by atoms with van der Waals surface area (Å²) in [6.07, 6.45) is 4.10. The third-order valence-corrected chi connectivity index (χ3v) is 4.73. The Balaban J connectivity index is 1.55. The summed E-state index contributed by atoms with van der Waals surface area (Å²) in [5.74, 6) is 1.12. The molecular formula is C20H20N4O2. The number of aromatic nitrogens is 3. The fraction of sp³-hybridized carbons (Fsp3) is 0.300. The van der Waals surface area contributed by atoms with Crippen LogP contribution in [0.1, 0.15) is 42.0 Å². The summed E-state index contributed by atoms with van der Waals surface area (Å²) in [6.45, 7) is 3.89. The van der Waals surface area contributed by atoms with E-state index in [1.807, 2.05) is 38.1 Å². The first-order valence-corrected chi connectivity index (χ1v) is 8.83. The Bertz CT molecular complexity index is 964. The third-order valence-electron chi connectivity index (χ3n) is 4.73. The van der Waals surface area contributed by atoms with Crippen molar-refractivity contribution in [1.82, 2.24) is 15.1 Å². The van der Waals surface area contributed by atoms with Gasteiger partial charge in [0.1, 0.15) is 0 Å². The molecule has 0 saturated heterocycles. The standard InChI is InChI=1S/C20H20N4O2/c1-3-18-23-19(24-26-18)14-5-6-16-13(11-14)4-7-17(16)20(25)22-15-8-9-21-12(2)10-15/h5-6,8-11,17H,3-4,7H2,1-2H3,(H,21,22,25)/t17-/m0/s1. The zero-order chi connectivity index (χ0) is 18.1. The highest BCUT2D eigenvalue weighted by Gasteiger charge is 2.29. The fourth-order valence-corrected chi connectivity index (χ4v) is 3.40. The fourth-order valence-electron chi connectivity index (χ4n) is 3.40. The SMILES string of the molecule is CCc1nc(-c2ccc3c(c2)CC[C@@H]3C(=O)Nc2ccnc(C)c2)no1. The average molecular weight is 348 g/mol. The van der Waals surface area contributed by atoms with Crippen molar-refractivity contribution in [2.75, 3.05) is 5.32 Å². The molecule has 1 aliphatic rings. The number of anilines is 1. The van der Waals surface area contributed by atoms with Crippen LogP contribution in [0, 0.1) is 6.92 Å². The minimum Gasteiger partial charge on any atom is -0.339 e. The molecule has 6 nitrogen and oxygen atoms in total. The molecule has 0 aliphatic heterocycles. The summed E-state index contributed by atoms with van der Waals surface area (Å²) in [4.78, 5) is 21.3. The van der Waals surface area contributed by atoms with Gasteiger partial charge in [-0.05, 0) is 49.1 Å². The average Bonchev–Trinajstić information content (AvgIpc) is 3.28. The van der Waals surface area contributed by atoms with E-state index in [-0.39, 0.29) is 11.8 Å². The molecule has 2 aromatic heterocycles. The molecule has 6 heteroatoms. The van der Waals surface area contributed by atoms with Gasteiger partial charge in [0.25, 0.3) is 0 Å². The molecule has 2 heterocycles. The largest absolute Gasteiger partial charge is 0.339 e. The second kappa shape index (κ2) is 6.71. The molecule has 1 N–H and O–H groups in total. The first-order valence-electron chi connectivity index (χ1n) is 8.83. The molecule has 132 valence electrons. The van der Waals surface area contributed by atoms with Gasteiger partial charge in [-0.2, -0.15) is 4.98 Å². The number of carbonyl (C=O) groups is 1. The molecule has 0 unspecified atom stereocenters. The Morgan fingerprint density at radius 1 is 1.31 bits per heavy atom. The molecule has 1 atom stereocenters. The van der Waals surface area contributed by atoms with Crippen LogP contribution in [-0.2, 0) is 17.6 Å². The Kier molecular flexibility index (Phi) is 4.24. The summed E-state index contributed by atoms with van der Waals surface area (Å²) in [6, 6.07) is 9.74. The number of hydrogen-bond acceptors (Lipinski definition) is 5. The van der Waals surface area contributed by atoms with Gasteiger partial charge in [0.05, 0.1) is 5.92 Å². The topological polar surface area (TPSA) is 80.9 Å². The van der Waals surface area contributed by atoms with E-state index in [9.17, 15) is 4.79 Å². The maximum atomic E-state index is 12.7. The molecule has 3 aromatic rings. The van der Waals surface area contributed by atoms with Gasteiger partial charge in [-0.1, -0.05) is 24.2 Å². The molecule has 26 heavy (non-hydrogen) atoms. The van der Waals surface area contributed by atoms with Crippen molar-refractivity contribution in [2.24, 2.45) is 0 Å². The van der Waals surface area contributed by atoms with Crippen LogP contribution in [0.5, 0.6) is 0 Å². The molecule has 0 saturated carbocycles. The number of rotatable bonds is 4. The highest BCUT2D eigenvalue weighted by molar-refractivity contribution is 5.96. The zero-order valence-corrected chi connectivity index (χ0v) is 14.8. The van der Waals surface area contributed by atoms with Crippen LogP contribution in [0.4, 0.5) is 5.69 Å². The van der Waals surface area contributed by atoms with Crippen molar-refractivity contribution in [3.05, 3.63) is 59.2 Å². The van der Waals surface area contributed by atoms with Crippen LogP contribution in [0.2, 0.25) is 0 Å². The number of amides is 1. The Morgan fingerprint density at radius 2 is 2.19 bits per heavy atom. The van der Waals surface area contributed by atoms with Crippen molar-refractivity contribution >= 4 is 11.6 Å². The van der Waals surface area contributed by atoms with Crippen molar-refractivity contribution in [1.29, 1.82) is 0 Å². The second-order valence-corrected chi connectivity index (χ2v) is 6.55. The summed E-state index contributed by atoms with van der Waals surface area (Å²) in [7, 11) is 0. The lowest BCUT2D eigenvalue weighted by Crippen LogP contribution is -2.19. The van der Waals surface area contributed by atoms with Crippen LogP contribution < -0.4 is 5.32 Å². The molecule has 1 aliphatic carbocycles. The van der Waals surface area contributed by atoms with Gasteiger partial charge in [-0.15, -0.1) is 0 Å². The normalized spacial score (nSPS) is 15.7. The van der Waals surface area contributed by atoms with Crippen molar-refractivity contribution in [3.8, 4) is 11.4 Å². The van der Waals surface area contributed by atoms with E-state index < -0.39 is 0 Å². The monoisotopic (exact) mass is 348 g/mol. The van der Waals surface area contributed by atoms with Crippen LogP contribution in [-0.4, -0.2) is 21.0 Å². The van der Waals surface area contributed by atoms with Crippen LogP contribution in [0.15, 0.2) is 41.1 Å². The lowest BCUT2D eigenvalue weighted by molar-refractivity contribution is -0.117. The number of aryl methyl sites for hydroxylation is 3. The van der Waals surface area contributed by atoms with E-state index in [2.05, 4.69) is 26.5 Å². The van der Waals surface area contributed by atoms with Crippen molar-refractivity contribution < 1.29 is 9.32 Å². The van der Waals surface area contributed by atoms with E-state index in [4.69, 9.17) is 4.52 Å². The summed E-state index contributed by atoms with van der Waals surface area (Å²) in [5, 5.41) is 7.03. The lowest BCUT2D eigenvalue weighted by atomic mass is 9.98. The molecule has 0 bridgehead atoms. The van der Waals surface area contributed by atoms with Gasteiger partial charge in [0, 0.05) is 29.6 Å². The van der Waals surface area contributed by atoms with E-state index in [0.29, 0.717) is 18.1 Å². The first-order chi connectivity index (χ1) is 12.6. The summed E-state index contributed by atoms with van der Waals surface area (Å²) < 4.78 is 5.19. The van der Waals surface area contributed by atoms with Gasteiger partial charge in [-0.25, -0.2) is 0 Å². The number of nitrogens with zero attached hydrogens (tertiary/aromatic N) is 3. The van der Waals surface area contributed by atoms with Crippen LogP contribution in [0.3, 0.4) is 0 Å². The minimum atomic E-state index is -0.135. The number of benzene rings is 1. The van der Waals surface area contributed by atoms with Gasteiger partial charge in [0.2, 0.25) is 17.6 Å². The van der Waals surface area contributed by atoms with E-state index in [1.54, 1.807) is 6.20 Å². The second-order valence-electron chi connectivity index (χ2n) is 6.55. The van der Waals surface area contributed by atoms with Crippen molar-refractivity contribution in [3.63, 3.8) is 0 Å². The smallest absolute Gasteiger partial charge is 0.231 e. The van der Waals surface area contributed by atoms with Crippen LogP contribution >= 0.6 is 0 Å². The van der Waals surface area contributed by atoms with Gasteiger partial charge < -0.3 is 9.84 Å². The van der Waals surface area contributed by atoms with E-state index in [0.717, 1.165) is 35.3 Å². The Hall–Kier alpha value is -3.02. The molecule has 0 fully saturated rings. The first kappa shape index (κ1) is 16.4. The molecule has 1 aromatic carbocycles. The number of pyridine rings is 1. The summed E-state index contributed by atoms with van der Waals surface area (Å²) >= 11 is 0. The molecule has 4 rings (SSSR count). The molecule has 1 amide bonds. The highest BCUT2D eigenvalue weighted by Crippen LogP contribution is 2.36. The van der Waals surface area contributed by atoms with Gasteiger partial charge >= 0.3 is 0 Å². The number of carbonyl (C=O) groups excluding carboxylic acids is 1. The van der Waals surface area contributed by atoms with Crippen molar-refractivity contribution in [2.45, 2.75) is 39.0 Å². The highest BCUT2D eigenvalue weighted by atomic mass is 16.5. The number of nitrogens with one attached hydrogen (secondary N) is 1. The molecular weight excluding hydrogens is 328 g/mol. The maximum Gasteiger partial charge on any atom is 0.231 e. The van der Waals surface area contributed by atoms with Crippen LogP contribution in [0.25, 0.3) is 11.4 Å². The third kappa shape index (κ3) is 3.10. The lowest BCUT2D eigenvalue weighted by Gasteiger charge is -2.13. The maximum absolute atomic E-state index is 12.7. The predicted octanol–water partition coefficient (Wildman–Crippen LogP) is 3.67. The quantitative estimate of drug-likeness (QED) is 0.778. The summed E-state index contributed by atoms with van der Waals surface area (Å²) in [5.41, 5.74) is 4.85. The van der Waals surface area contributed by atoms with Gasteiger partial charge in [0.15, 0.2) is 0 Å². The molecule has 0 radical (unpaired) electrons. The van der Waals surface area contributed by atoms with E-state index >= 15 is 0 Å². The zero-order valence-electron chi connectivity index (χ0n) is 14.8. The number of fused-ring (bicyclic) bond motifs is 1. The predicted molar refractivity (Wildman–Crippen MR) is 97.8 cm³/mol. The Labute approximate surface area is 151 Å². The molecule has 0 spiro atoms. The number of hydrogen-bond donors (Lipinski definition) is 1. The minimum absolute atomic E-state index is 0.0231. The Morgan fingerprint density at radius 3 is 2.96 bits per heavy atom. The van der Waals surface area contributed by atoms with E-state index in [1.165, 1.54) is 5.56 Å². The van der Waals surface area contributed by atoms with Gasteiger partial charge in [-0.3, -0.25) is 9.78 Å².